The van der Waals surface area contributed by atoms with Crippen molar-refractivity contribution in [2.45, 2.75) is 52.3 Å². The van der Waals surface area contributed by atoms with Crippen LogP contribution in [0.25, 0.3) is 0 Å². The first kappa shape index (κ1) is 22.7. The van der Waals surface area contributed by atoms with Gasteiger partial charge in [0.25, 0.3) is 0 Å². The molecule has 2 rings (SSSR count). The maximum atomic E-state index is 13.3. The molecule has 0 aromatic heterocycles. The van der Waals surface area contributed by atoms with Crippen molar-refractivity contribution >= 4 is 15.9 Å². The summed E-state index contributed by atoms with van der Waals surface area (Å²) in [6.07, 6.45) is -3.91. The molecule has 9 heteroatoms. The predicted octanol–water partition coefficient (Wildman–Crippen LogP) is 3.20. The summed E-state index contributed by atoms with van der Waals surface area (Å²) in [4.78, 5) is 12.4. The Labute approximate surface area is 164 Å². The number of hydrogen-bond acceptors (Lipinski definition) is 3. The molecule has 1 atom stereocenters. The van der Waals surface area contributed by atoms with Gasteiger partial charge in [-0.1, -0.05) is 39.0 Å². The third-order valence-electron chi connectivity index (χ3n) is 4.92. The molecule has 1 N–H and O–H groups in total. The molecule has 0 aliphatic carbocycles. The maximum absolute atomic E-state index is 13.3. The molecular weight excluding hydrogens is 393 g/mol. The van der Waals surface area contributed by atoms with Crippen molar-refractivity contribution < 1.29 is 26.4 Å². The van der Waals surface area contributed by atoms with Crippen LogP contribution in [0.2, 0.25) is 0 Å². The minimum atomic E-state index is -4.47. The lowest BCUT2D eigenvalue weighted by Crippen LogP contribution is -2.46. The summed E-state index contributed by atoms with van der Waals surface area (Å²) in [5.74, 6) is -0.278. The number of hydrogen-bond donors (Lipinski definition) is 1. The van der Waals surface area contributed by atoms with Crippen LogP contribution < -0.4 is 5.32 Å². The van der Waals surface area contributed by atoms with Gasteiger partial charge in [0.1, 0.15) is 0 Å². The number of alkyl halides is 3. The second-order valence-corrected chi connectivity index (χ2v) is 10.3. The molecule has 0 saturated carbocycles. The van der Waals surface area contributed by atoms with Gasteiger partial charge in [0.2, 0.25) is 15.9 Å². The number of rotatable bonds is 6. The van der Waals surface area contributed by atoms with E-state index in [1.165, 1.54) is 16.4 Å². The van der Waals surface area contributed by atoms with Crippen molar-refractivity contribution in [1.82, 2.24) is 9.62 Å². The van der Waals surface area contributed by atoms with Crippen molar-refractivity contribution in [3.8, 4) is 0 Å². The van der Waals surface area contributed by atoms with E-state index in [1.807, 2.05) is 20.8 Å². The average Bonchev–Trinajstić information content (AvgIpc) is 2.89. The Morgan fingerprint density at radius 1 is 1.21 bits per heavy atom. The minimum Gasteiger partial charge on any atom is -0.352 e. The second-order valence-electron chi connectivity index (χ2n) is 8.16. The Hall–Kier alpha value is -1.61. The summed E-state index contributed by atoms with van der Waals surface area (Å²) in [6, 6.07) is 4.82. The molecule has 0 radical (unpaired) electrons. The summed E-state index contributed by atoms with van der Waals surface area (Å²) in [6.45, 7) is 6.03. The number of carbonyl (C=O) groups is 1. The highest BCUT2D eigenvalue weighted by atomic mass is 32.2. The molecule has 1 aliphatic rings. The van der Waals surface area contributed by atoms with Crippen LogP contribution in [0.4, 0.5) is 13.2 Å². The van der Waals surface area contributed by atoms with E-state index in [9.17, 15) is 26.4 Å². The summed E-state index contributed by atoms with van der Waals surface area (Å²) in [7, 11) is -3.28. The van der Waals surface area contributed by atoms with Crippen LogP contribution in [0, 0.1) is 5.41 Å². The lowest BCUT2D eigenvalue weighted by Gasteiger charge is -2.32. The summed E-state index contributed by atoms with van der Waals surface area (Å²) >= 11 is 0. The van der Waals surface area contributed by atoms with Crippen LogP contribution in [-0.4, -0.2) is 43.5 Å². The summed E-state index contributed by atoms with van der Waals surface area (Å²) in [5, 5.41) is 2.81. The molecule has 1 heterocycles. The van der Waals surface area contributed by atoms with Gasteiger partial charge >= 0.3 is 6.18 Å². The minimum absolute atomic E-state index is 0.0211. The van der Waals surface area contributed by atoms with Gasteiger partial charge in [0.15, 0.2) is 0 Å². The van der Waals surface area contributed by atoms with Crippen LogP contribution in [-0.2, 0) is 27.4 Å². The predicted molar refractivity (Wildman–Crippen MR) is 101 cm³/mol. The van der Waals surface area contributed by atoms with Gasteiger partial charge in [-0.3, -0.25) is 4.79 Å². The van der Waals surface area contributed by atoms with E-state index in [4.69, 9.17) is 0 Å². The fourth-order valence-electron chi connectivity index (χ4n) is 3.20. The van der Waals surface area contributed by atoms with Gasteiger partial charge in [-0.2, -0.15) is 13.2 Å². The standard InChI is InChI=1S/C19H27F3N2O3S/c1-18(2,3)16(13-14-7-4-5-8-15(14)19(20,21)22)23-17(25)9-11-24-10-6-12-28(24,26)27/h4-5,7-8,16H,6,9-13H2,1-3H3,(H,23,25). The summed E-state index contributed by atoms with van der Waals surface area (Å²) < 4.78 is 64.7. The molecule has 5 nitrogen and oxygen atoms in total. The van der Waals surface area contributed by atoms with Crippen LogP contribution in [0.3, 0.4) is 0 Å². The van der Waals surface area contributed by atoms with E-state index in [0.717, 1.165) is 6.07 Å². The quantitative estimate of drug-likeness (QED) is 0.769. The van der Waals surface area contributed by atoms with Crippen LogP contribution in [0.5, 0.6) is 0 Å². The number of sulfonamides is 1. The van der Waals surface area contributed by atoms with Gasteiger partial charge in [-0.15, -0.1) is 0 Å². The zero-order valence-electron chi connectivity index (χ0n) is 16.3. The third-order valence-corrected chi connectivity index (χ3v) is 6.88. The SMILES string of the molecule is CC(C)(C)C(Cc1ccccc1C(F)(F)F)NC(=O)CCN1CCCS1(=O)=O. The van der Waals surface area contributed by atoms with Crippen molar-refractivity contribution in [1.29, 1.82) is 0 Å². The molecule has 1 fully saturated rings. The molecule has 1 amide bonds. The van der Waals surface area contributed by atoms with Crippen molar-refractivity contribution in [2.24, 2.45) is 5.41 Å². The topological polar surface area (TPSA) is 66.5 Å². The largest absolute Gasteiger partial charge is 0.416 e. The summed E-state index contributed by atoms with van der Waals surface area (Å²) in [5.41, 5.74) is -1.06. The number of nitrogens with zero attached hydrogens (tertiary/aromatic N) is 1. The zero-order chi connectivity index (χ0) is 21.2. The highest BCUT2D eigenvalue weighted by Crippen LogP contribution is 2.34. The van der Waals surface area contributed by atoms with E-state index in [0.29, 0.717) is 13.0 Å². The van der Waals surface area contributed by atoms with Crippen LogP contribution in [0.15, 0.2) is 24.3 Å². The number of halogens is 3. The first-order chi connectivity index (χ1) is 12.8. The monoisotopic (exact) mass is 420 g/mol. The Bertz CT molecular complexity index is 801. The number of nitrogens with one attached hydrogen (secondary N) is 1. The Morgan fingerprint density at radius 2 is 1.86 bits per heavy atom. The van der Waals surface area contributed by atoms with E-state index < -0.39 is 33.2 Å². The van der Waals surface area contributed by atoms with Crippen LogP contribution >= 0.6 is 0 Å². The second kappa shape index (κ2) is 8.41. The van der Waals surface area contributed by atoms with Gasteiger partial charge in [-0.25, -0.2) is 12.7 Å². The Balaban J connectivity index is 2.08. The molecular formula is C19H27F3N2O3S. The van der Waals surface area contributed by atoms with Crippen molar-refractivity contribution in [3.05, 3.63) is 35.4 Å². The normalized spacial score (nSPS) is 18.8. The fourth-order valence-corrected chi connectivity index (χ4v) is 4.73. The smallest absolute Gasteiger partial charge is 0.352 e. The van der Waals surface area contributed by atoms with Gasteiger partial charge in [-0.05, 0) is 29.9 Å². The first-order valence-electron chi connectivity index (χ1n) is 9.23. The molecule has 1 unspecified atom stereocenters. The molecule has 0 bridgehead atoms. The van der Waals surface area contributed by atoms with E-state index in [-0.39, 0.29) is 36.6 Å². The van der Waals surface area contributed by atoms with E-state index >= 15 is 0 Å². The van der Waals surface area contributed by atoms with Crippen LogP contribution in [0.1, 0.15) is 44.7 Å². The van der Waals surface area contributed by atoms with E-state index in [2.05, 4.69) is 5.32 Å². The Kier molecular flexibility index (Phi) is 6.81. The number of amides is 1. The molecule has 1 aromatic rings. The lowest BCUT2D eigenvalue weighted by molar-refractivity contribution is -0.138. The van der Waals surface area contributed by atoms with Crippen molar-refractivity contribution in [2.75, 3.05) is 18.8 Å². The fraction of sp³-hybridized carbons (Fsp3) is 0.632. The third kappa shape index (κ3) is 5.94. The van der Waals surface area contributed by atoms with Gasteiger partial charge < -0.3 is 5.32 Å². The molecule has 28 heavy (non-hydrogen) atoms. The zero-order valence-corrected chi connectivity index (χ0v) is 17.2. The van der Waals surface area contributed by atoms with Gasteiger partial charge in [0.05, 0.1) is 11.3 Å². The molecule has 158 valence electrons. The molecule has 1 aromatic carbocycles. The van der Waals surface area contributed by atoms with E-state index in [1.54, 1.807) is 6.07 Å². The highest BCUT2D eigenvalue weighted by molar-refractivity contribution is 7.89. The lowest BCUT2D eigenvalue weighted by atomic mass is 9.82. The highest BCUT2D eigenvalue weighted by Gasteiger charge is 2.35. The van der Waals surface area contributed by atoms with Crippen molar-refractivity contribution in [3.63, 3.8) is 0 Å². The maximum Gasteiger partial charge on any atom is 0.416 e. The molecule has 1 saturated heterocycles. The number of carbonyl (C=O) groups excluding carboxylic acids is 1. The first-order valence-corrected chi connectivity index (χ1v) is 10.8. The Morgan fingerprint density at radius 3 is 2.39 bits per heavy atom. The molecule has 1 aliphatic heterocycles. The van der Waals surface area contributed by atoms with Gasteiger partial charge in [0, 0.05) is 25.6 Å². The average molecular weight is 420 g/mol. The number of benzene rings is 1. The molecule has 0 spiro atoms.